The van der Waals surface area contributed by atoms with Gasteiger partial charge in [-0.1, -0.05) is 23.2 Å². The van der Waals surface area contributed by atoms with E-state index >= 15 is 0 Å². The maximum absolute atomic E-state index is 12.4. The number of aromatic nitrogens is 2. The van der Waals surface area contributed by atoms with Gasteiger partial charge in [-0.15, -0.1) is 0 Å². The van der Waals surface area contributed by atoms with Crippen molar-refractivity contribution < 1.29 is 19.0 Å². The van der Waals surface area contributed by atoms with Gasteiger partial charge in [-0.05, 0) is 76.0 Å². The summed E-state index contributed by atoms with van der Waals surface area (Å²) >= 11 is 19.2. The van der Waals surface area contributed by atoms with Crippen LogP contribution in [0.1, 0.15) is 44.7 Å². The van der Waals surface area contributed by atoms with Crippen LogP contribution in [-0.4, -0.2) is 54.9 Å². The SMILES string of the molecule is CCOC(=O)Cc1c(Cl)nc(Cl)nc1N(Cc1cc(OCC)c(Cl)c(OCC)c1)C1CCNCC1. The van der Waals surface area contributed by atoms with Crippen molar-refractivity contribution in [3.05, 3.63) is 38.7 Å². The van der Waals surface area contributed by atoms with Gasteiger partial charge in [0.1, 0.15) is 27.5 Å². The average Bonchev–Trinajstić information content (AvgIpc) is 2.83. The number of halogens is 3. The molecule has 192 valence electrons. The topological polar surface area (TPSA) is 85.8 Å². The summed E-state index contributed by atoms with van der Waals surface area (Å²) in [5.41, 5.74) is 1.39. The molecule has 0 bridgehead atoms. The van der Waals surface area contributed by atoms with E-state index in [9.17, 15) is 4.79 Å². The van der Waals surface area contributed by atoms with Gasteiger partial charge in [-0.2, -0.15) is 0 Å². The van der Waals surface area contributed by atoms with Crippen LogP contribution in [0.2, 0.25) is 15.5 Å². The second-order valence-corrected chi connectivity index (χ2v) is 9.02. The molecule has 11 heteroatoms. The van der Waals surface area contributed by atoms with Gasteiger partial charge in [0.15, 0.2) is 0 Å². The highest BCUT2D eigenvalue weighted by molar-refractivity contribution is 6.33. The number of ether oxygens (including phenoxy) is 3. The van der Waals surface area contributed by atoms with Gasteiger partial charge in [-0.3, -0.25) is 4.79 Å². The zero-order valence-corrected chi connectivity index (χ0v) is 22.5. The normalized spacial score (nSPS) is 14.0. The molecule has 0 aliphatic carbocycles. The summed E-state index contributed by atoms with van der Waals surface area (Å²) in [5.74, 6) is 1.20. The van der Waals surface area contributed by atoms with E-state index in [4.69, 9.17) is 49.0 Å². The Morgan fingerprint density at radius 1 is 1.03 bits per heavy atom. The maximum atomic E-state index is 12.4. The number of piperidine rings is 1. The summed E-state index contributed by atoms with van der Waals surface area (Å²) in [6, 6.07) is 3.93. The number of benzene rings is 1. The molecule has 1 saturated heterocycles. The minimum Gasteiger partial charge on any atom is -0.492 e. The van der Waals surface area contributed by atoms with E-state index in [0.29, 0.717) is 47.7 Å². The first-order valence-corrected chi connectivity index (χ1v) is 12.9. The molecule has 0 saturated carbocycles. The smallest absolute Gasteiger partial charge is 0.310 e. The fourth-order valence-electron chi connectivity index (χ4n) is 4.10. The van der Waals surface area contributed by atoms with Crippen LogP contribution in [0.4, 0.5) is 5.82 Å². The molecule has 1 fully saturated rings. The third-order valence-corrected chi connectivity index (χ3v) is 6.43. The first-order valence-electron chi connectivity index (χ1n) is 11.8. The second-order valence-electron chi connectivity index (χ2n) is 7.95. The molecular formula is C24H31Cl3N4O4. The quantitative estimate of drug-likeness (QED) is 0.237. The van der Waals surface area contributed by atoms with Crippen molar-refractivity contribution in [3.8, 4) is 11.5 Å². The van der Waals surface area contributed by atoms with Crippen molar-refractivity contribution in [3.63, 3.8) is 0 Å². The van der Waals surface area contributed by atoms with Gasteiger partial charge in [-0.25, -0.2) is 9.97 Å². The lowest BCUT2D eigenvalue weighted by molar-refractivity contribution is -0.142. The lowest BCUT2D eigenvalue weighted by Gasteiger charge is -2.37. The van der Waals surface area contributed by atoms with Gasteiger partial charge in [0.2, 0.25) is 5.28 Å². The molecule has 1 N–H and O–H groups in total. The highest BCUT2D eigenvalue weighted by atomic mass is 35.5. The molecule has 3 rings (SSSR count). The van der Waals surface area contributed by atoms with E-state index in [2.05, 4.69) is 20.2 Å². The van der Waals surface area contributed by atoms with Crippen LogP contribution >= 0.6 is 34.8 Å². The van der Waals surface area contributed by atoms with Crippen molar-refractivity contribution in [2.75, 3.05) is 37.8 Å². The minimum atomic E-state index is -0.407. The maximum Gasteiger partial charge on any atom is 0.310 e. The highest BCUT2D eigenvalue weighted by Crippen LogP contribution is 2.38. The largest absolute Gasteiger partial charge is 0.492 e. The van der Waals surface area contributed by atoms with E-state index < -0.39 is 5.97 Å². The van der Waals surface area contributed by atoms with Crippen molar-refractivity contribution >= 4 is 46.6 Å². The monoisotopic (exact) mass is 544 g/mol. The van der Waals surface area contributed by atoms with Gasteiger partial charge in [0.05, 0.1) is 26.2 Å². The standard InChI is InChI=1S/C24H31Cl3N4O4/c1-4-33-18-11-15(12-19(21(18)25)34-5-2)14-31(16-7-9-28-10-8-16)23-17(13-20(32)35-6-3)22(26)29-24(27)30-23/h11-12,16,28H,4-10,13-14H2,1-3H3. The fourth-order valence-corrected chi connectivity index (χ4v) is 4.75. The lowest BCUT2D eigenvalue weighted by Crippen LogP contribution is -2.44. The van der Waals surface area contributed by atoms with Gasteiger partial charge in [0, 0.05) is 18.2 Å². The first kappa shape index (κ1) is 27.6. The van der Waals surface area contributed by atoms with Crippen LogP contribution < -0.4 is 19.7 Å². The van der Waals surface area contributed by atoms with E-state index in [-0.39, 0.29) is 29.5 Å². The van der Waals surface area contributed by atoms with Crippen LogP contribution in [0.3, 0.4) is 0 Å². The Morgan fingerprint density at radius 2 is 1.66 bits per heavy atom. The summed E-state index contributed by atoms with van der Waals surface area (Å²) in [7, 11) is 0. The summed E-state index contributed by atoms with van der Waals surface area (Å²) in [6.45, 7) is 8.92. The van der Waals surface area contributed by atoms with Gasteiger partial charge >= 0.3 is 5.97 Å². The fraction of sp³-hybridized carbons (Fsp3) is 0.542. The molecule has 1 aromatic carbocycles. The molecule has 1 aliphatic rings. The Morgan fingerprint density at radius 3 is 2.23 bits per heavy atom. The van der Waals surface area contributed by atoms with Crippen LogP contribution in [-0.2, 0) is 22.5 Å². The number of carbonyl (C=O) groups excluding carboxylic acids is 1. The zero-order valence-electron chi connectivity index (χ0n) is 20.2. The predicted octanol–water partition coefficient (Wildman–Crippen LogP) is 5.10. The van der Waals surface area contributed by atoms with E-state index in [1.807, 2.05) is 26.0 Å². The molecule has 0 amide bonds. The zero-order chi connectivity index (χ0) is 25.4. The van der Waals surface area contributed by atoms with Crippen LogP contribution in [0, 0.1) is 0 Å². The molecule has 0 unspecified atom stereocenters. The number of nitrogens with one attached hydrogen (secondary N) is 1. The second kappa shape index (κ2) is 13.3. The Bertz CT molecular complexity index is 991. The Balaban J connectivity index is 2.08. The Hall–Kier alpha value is -2.00. The molecule has 35 heavy (non-hydrogen) atoms. The lowest BCUT2D eigenvalue weighted by atomic mass is 10.0. The Kier molecular flexibility index (Phi) is 10.5. The molecule has 2 aromatic rings. The van der Waals surface area contributed by atoms with E-state index in [0.717, 1.165) is 31.5 Å². The average molecular weight is 546 g/mol. The van der Waals surface area contributed by atoms with Crippen molar-refractivity contribution in [2.45, 2.75) is 52.6 Å². The third-order valence-electron chi connectivity index (χ3n) is 5.57. The number of hydrogen-bond donors (Lipinski definition) is 1. The summed E-state index contributed by atoms with van der Waals surface area (Å²) in [5, 5.41) is 3.96. The van der Waals surface area contributed by atoms with Crippen LogP contribution in [0.25, 0.3) is 0 Å². The molecule has 1 aliphatic heterocycles. The molecule has 8 nitrogen and oxygen atoms in total. The molecule has 2 heterocycles. The summed E-state index contributed by atoms with van der Waals surface area (Å²) in [6.07, 6.45) is 1.69. The Labute approximate surface area is 221 Å². The van der Waals surface area contributed by atoms with Crippen LogP contribution in [0.5, 0.6) is 11.5 Å². The van der Waals surface area contributed by atoms with Crippen LogP contribution in [0.15, 0.2) is 12.1 Å². The number of nitrogens with zero attached hydrogens (tertiary/aromatic N) is 3. The number of hydrogen-bond acceptors (Lipinski definition) is 8. The molecule has 0 radical (unpaired) electrons. The third kappa shape index (κ3) is 7.26. The van der Waals surface area contributed by atoms with E-state index in [1.165, 1.54) is 0 Å². The minimum absolute atomic E-state index is 0.0117. The predicted molar refractivity (Wildman–Crippen MR) is 138 cm³/mol. The molecule has 0 atom stereocenters. The van der Waals surface area contributed by atoms with Crippen molar-refractivity contribution in [1.82, 2.24) is 15.3 Å². The number of carbonyl (C=O) groups is 1. The molecule has 0 spiro atoms. The number of anilines is 1. The summed E-state index contributed by atoms with van der Waals surface area (Å²) in [4.78, 5) is 23.1. The first-order chi connectivity index (χ1) is 16.9. The van der Waals surface area contributed by atoms with E-state index in [1.54, 1.807) is 6.92 Å². The molecule has 1 aromatic heterocycles. The highest BCUT2D eigenvalue weighted by Gasteiger charge is 2.28. The number of rotatable bonds is 11. The van der Waals surface area contributed by atoms with Crippen molar-refractivity contribution in [2.24, 2.45) is 0 Å². The molecular weight excluding hydrogens is 515 g/mol. The number of esters is 1. The van der Waals surface area contributed by atoms with Crippen molar-refractivity contribution in [1.29, 1.82) is 0 Å². The van der Waals surface area contributed by atoms with Gasteiger partial charge in [0.25, 0.3) is 0 Å². The summed E-state index contributed by atoms with van der Waals surface area (Å²) < 4.78 is 16.7. The van der Waals surface area contributed by atoms with Gasteiger partial charge < -0.3 is 24.4 Å².